The second-order valence-corrected chi connectivity index (χ2v) is 4.65. The van der Waals surface area contributed by atoms with Crippen LogP contribution >= 0.6 is 0 Å². The van der Waals surface area contributed by atoms with Gasteiger partial charge >= 0.3 is 0 Å². The van der Waals surface area contributed by atoms with Gasteiger partial charge in [-0.05, 0) is 19.3 Å². The average molecular weight is 215 g/mol. The molecule has 4 heteroatoms. The molecule has 2 heterocycles. The van der Waals surface area contributed by atoms with Crippen molar-refractivity contribution < 1.29 is 14.6 Å². The zero-order valence-electron chi connectivity index (χ0n) is 9.21. The standard InChI is InChI=1S/C11H21NO3/c13-11(4-7-15-9-11)8-12-10-2-1-5-14-6-3-10/h10,12-13H,1-9H2. The maximum Gasteiger partial charge on any atom is 0.102 e. The molecule has 4 nitrogen and oxygen atoms in total. The Morgan fingerprint density at radius 3 is 2.93 bits per heavy atom. The summed E-state index contributed by atoms with van der Waals surface area (Å²) < 4.78 is 10.6. The molecule has 0 aliphatic carbocycles. The largest absolute Gasteiger partial charge is 0.386 e. The predicted octanol–water partition coefficient (Wildman–Crippen LogP) is 0.296. The predicted molar refractivity (Wildman–Crippen MR) is 56.8 cm³/mol. The topological polar surface area (TPSA) is 50.7 Å². The second-order valence-electron chi connectivity index (χ2n) is 4.65. The fourth-order valence-electron chi connectivity index (χ4n) is 2.18. The van der Waals surface area contributed by atoms with Crippen LogP contribution in [0.25, 0.3) is 0 Å². The van der Waals surface area contributed by atoms with Crippen LogP contribution in [0.3, 0.4) is 0 Å². The summed E-state index contributed by atoms with van der Waals surface area (Å²) in [5.74, 6) is 0. The maximum atomic E-state index is 10.1. The van der Waals surface area contributed by atoms with Crippen LogP contribution in [-0.2, 0) is 9.47 Å². The molecule has 0 aromatic carbocycles. The van der Waals surface area contributed by atoms with Crippen molar-refractivity contribution in [2.45, 2.75) is 37.3 Å². The van der Waals surface area contributed by atoms with Gasteiger partial charge in [0.25, 0.3) is 0 Å². The second kappa shape index (κ2) is 5.25. The average Bonchev–Trinajstić information content (AvgIpc) is 2.53. The minimum atomic E-state index is -0.632. The third-order valence-electron chi connectivity index (χ3n) is 3.25. The lowest BCUT2D eigenvalue weighted by atomic mass is 10.0. The smallest absolute Gasteiger partial charge is 0.102 e. The summed E-state index contributed by atoms with van der Waals surface area (Å²) in [6.45, 7) is 3.53. The summed E-state index contributed by atoms with van der Waals surface area (Å²) in [7, 11) is 0. The van der Waals surface area contributed by atoms with Gasteiger partial charge in [0.05, 0.1) is 6.61 Å². The van der Waals surface area contributed by atoms with Gasteiger partial charge in [0.15, 0.2) is 0 Å². The normalized spacial score (nSPS) is 37.8. The van der Waals surface area contributed by atoms with Crippen LogP contribution in [0.4, 0.5) is 0 Å². The lowest BCUT2D eigenvalue weighted by Gasteiger charge is -2.24. The third kappa shape index (κ3) is 3.41. The Morgan fingerprint density at radius 1 is 1.20 bits per heavy atom. The highest BCUT2D eigenvalue weighted by Crippen LogP contribution is 2.18. The van der Waals surface area contributed by atoms with Gasteiger partial charge in [0, 0.05) is 38.8 Å². The van der Waals surface area contributed by atoms with Gasteiger partial charge < -0.3 is 19.9 Å². The Kier molecular flexibility index (Phi) is 3.97. The summed E-state index contributed by atoms with van der Waals surface area (Å²) in [5, 5.41) is 13.5. The van der Waals surface area contributed by atoms with Gasteiger partial charge in [-0.15, -0.1) is 0 Å². The molecule has 0 aromatic heterocycles. The summed E-state index contributed by atoms with van der Waals surface area (Å²) in [6.07, 6.45) is 4.07. The lowest BCUT2D eigenvalue weighted by Crippen LogP contribution is -2.45. The first-order valence-corrected chi connectivity index (χ1v) is 5.90. The van der Waals surface area contributed by atoms with Crippen LogP contribution < -0.4 is 5.32 Å². The first-order chi connectivity index (χ1) is 7.29. The fourth-order valence-corrected chi connectivity index (χ4v) is 2.18. The molecule has 0 bridgehead atoms. The fraction of sp³-hybridized carbons (Fsp3) is 1.00. The first kappa shape index (κ1) is 11.3. The number of nitrogens with one attached hydrogen (secondary N) is 1. The highest BCUT2D eigenvalue weighted by molar-refractivity contribution is 4.86. The molecule has 0 radical (unpaired) electrons. The van der Waals surface area contributed by atoms with Crippen molar-refractivity contribution in [2.24, 2.45) is 0 Å². The summed E-state index contributed by atoms with van der Waals surface area (Å²) in [5.41, 5.74) is -0.632. The van der Waals surface area contributed by atoms with Crippen molar-refractivity contribution in [1.29, 1.82) is 0 Å². The van der Waals surface area contributed by atoms with Crippen molar-refractivity contribution in [1.82, 2.24) is 5.32 Å². The molecule has 2 unspecified atom stereocenters. The Hall–Kier alpha value is -0.160. The quantitative estimate of drug-likeness (QED) is 0.711. The minimum absolute atomic E-state index is 0.475. The molecule has 2 atom stereocenters. The molecule has 0 amide bonds. The SMILES string of the molecule is OC1(CNC2CCCOCC2)CCOC1. The highest BCUT2D eigenvalue weighted by Gasteiger charge is 2.32. The highest BCUT2D eigenvalue weighted by atomic mass is 16.5. The van der Waals surface area contributed by atoms with Crippen LogP contribution in [0.15, 0.2) is 0 Å². The van der Waals surface area contributed by atoms with Gasteiger partial charge in [0.2, 0.25) is 0 Å². The third-order valence-corrected chi connectivity index (χ3v) is 3.25. The summed E-state index contributed by atoms with van der Waals surface area (Å²) in [6, 6.07) is 0.497. The minimum Gasteiger partial charge on any atom is -0.386 e. The van der Waals surface area contributed by atoms with E-state index in [1.165, 1.54) is 0 Å². The molecule has 0 saturated carbocycles. The van der Waals surface area contributed by atoms with Gasteiger partial charge in [-0.2, -0.15) is 0 Å². The Bertz CT molecular complexity index is 184. The monoisotopic (exact) mass is 215 g/mol. The molecule has 2 saturated heterocycles. The molecule has 0 spiro atoms. The van der Waals surface area contributed by atoms with E-state index in [4.69, 9.17) is 9.47 Å². The molecule has 2 aliphatic rings. The van der Waals surface area contributed by atoms with E-state index in [9.17, 15) is 5.11 Å². The number of rotatable bonds is 3. The van der Waals surface area contributed by atoms with Gasteiger partial charge in [-0.25, -0.2) is 0 Å². The molecule has 2 fully saturated rings. The van der Waals surface area contributed by atoms with E-state index in [0.29, 0.717) is 25.8 Å². The van der Waals surface area contributed by atoms with Crippen LogP contribution in [0.5, 0.6) is 0 Å². The van der Waals surface area contributed by atoms with Crippen molar-refractivity contribution in [3.63, 3.8) is 0 Å². The first-order valence-electron chi connectivity index (χ1n) is 5.90. The molecular weight excluding hydrogens is 194 g/mol. The molecule has 88 valence electrons. The van der Waals surface area contributed by atoms with Crippen molar-refractivity contribution in [2.75, 3.05) is 33.0 Å². The summed E-state index contributed by atoms with van der Waals surface area (Å²) >= 11 is 0. The molecule has 15 heavy (non-hydrogen) atoms. The lowest BCUT2D eigenvalue weighted by molar-refractivity contribution is 0.0242. The Morgan fingerprint density at radius 2 is 2.13 bits per heavy atom. The van der Waals surface area contributed by atoms with E-state index in [1.807, 2.05) is 0 Å². The van der Waals surface area contributed by atoms with Gasteiger partial charge in [0.1, 0.15) is 5.60 Å². The number of aliphatic hydroxyl groups is 1. The molecule has 2 aliphatic heterocycles. The Labute approximate surface area is 90.9 Å². The van der Waals surface area contributed by atoms with Crippen LogP contribution in [0.2, 0.25) is 0 Å². The summed E-state index contributed by atoms with van der Waals surface area (Å²) in [4.78, 5) is 0. The molecule has 0 aromatic rings. The van der Waals surface area contributed by atoms with E-state index < -0.39 is 5.60 Å². The molecule has 2 N–H and O–H groups in total. The van der Waals surface area contributed by atoms with Gasteiger partial charge in [-0.1, -0.05) is 0 Å². The van der Waals surface area contributed by atoms with Crippen LogP contribution in [0, 0.1) is 0 Å². The van der Waals surface area contributed by atoms with Gasteiger partial charge in [-0.3, -0.25) is 0 Å². The van der Waals surface area contributed by atoms with Crippen LogP contribution in [-0.4, -0.2) is 49.7 Å². The number of hydrogen-bond acceptors (Lipinski definition) is 4. The molecular formula is C11H21NO3. The van der Waals surface area contributed by atoms with E-state index in [-0.39, 0.29) is 0 Å². The number of ether oxygens (including phenoxy) is 2. The van der Waals surface area contributed by atoms with Crippen molar-refractivity contribution in [3.05, 3.63) is 0 Å². The Balaban J connectivity index is 1.71. The van der Waals surface area contributed by atoms with E-state index >= 15 is 0 Å². The van der Waals surface area contributed by atoms with E-state index in [1.54, 1.807) is 0 Å². The van der Waals surface area contributed by atoms with Crippen LogP contribution in [0.1, 0.15) is 25.7 Å². The number of hydrogen-bond donors (Lipinski definition) is 2. The van der Waals surface area contributed by atoms with Crippen molar-refractivity contribution in [3.8, 4) is 0 Å². The van der Waals surface area contributed by atoms with E-state index in [0.717, 1.165) is 38.9 Å². The van der Waals surface area contributed by atoms with E-state index in [2.05, 4.69) is 5.32 Å². The zero-order chi connectivity index (χ0) is 10.6. The maximum absolute atomic E-state index is 10.1. The molecule has 2 rings (SSSR count). The zero-order valence-corrected chi connectivity index (χ0v) is 9.21. The van der Waals surface area contributed by atoms with Crippen molar-refractivity contribution >= 4 is 0 Å².